The Morgan fingerprint density at radius 2 is 1.96 bits per heavy atom. The van der Waals surface area contributed by atoms with Crippen molar-refractivity contribution in [3.05, 3.63) is 34.9 Å². The van der Waals surface area contributed by atoms with Crippen molar-refractivity contribution in [2.45, 2.75) is 44.2 Å². The third kappa shape index (κ3) is 4.11. The molecule has 1 spiro atoms. The standard InChI is InChI=1S/C19H22ClN3O5/c1-12(13-6-2-3-7-14(13)20)21-15(24)11-28-16(25)10-23-17(26)19(22-18(23)27)8-4-5-9-19/h2-3,6-7,12H,4-5,8-11H2,1H3,(H,21,24)(H,22,27)/t12-/m1/s1. The topological polar surface area (TPSA) is 105 Å². The van der Waals surface area contributed by atoms with Crippen LogP contribution in [0.25, 0.3) is 0 Å². The van der Waals surface area contributed by atoms with Crippen LogP contribution in [0.15, 0.2) is 24.3 Å². The van der Waals surface area contributed by atoms with Crippen LogP contribution in [-0.4, -0.2) is 47.4 Å². The number of carbonyl (C=O) groups excluding carboxylic acids is 4. The fraction of sp³-hybridized carbons (Fsp3) is 0.474. The van der Waals surface area contributed by atoms with Crippen LogP contribution in [0.2, 0.25) is 5.02 Å². The fourth-order valence-corrected chi connectivity index (χ4v) is 3.94. The van der Waals surface area contributed by atoms with Crippen molar-refractivity contribution in [3.8, 4) is 0 Å². The van der Waals surface area contributed by atoms with Gasteiger partial charge in [0.1, 0.15) is 12.1 Å². The third-order valence-electron chi connectivity index (χ3n) is 5.10. The zero-order valence-electron chi connectivity index (χ0n) is 15.5. The first kappa shape index (κ1) is 20.1. The molecule has 1 saturated carbocycles. The minimum atomic E-state index is -0.876. The summed E-state index contributed by atoms with van der Waals surface area (Å²) in [6.45, 7) is 0.734. The molecule has 1 aliphatic heterocycles. The van der Waals surface area contributed by atoms with Gasteiger partial charge in [0.05, 0.1) is 6.04 Å². The maximum Gasteiger partial charge on any atom is 0.326 e. The largest absolute Gasteiger partial charge is 0.454 e. The number of hydrogen-bond donors (Lipinski definition) is 2. The minimum Gasteiger partial charge on any atom is -0.454 e. The van der Waals surface area contributed by atoms with Gasteiger partial charge in [0.2, 0.25) is 0 Å². The highest BCUT2D eigenvalue weighted by atomic mass is 35.5. The van der Waals surface area contributed by atoms with Gasteiger partial charge >= 0.3 is 12.0 Å². The summed E-state index contributed by atoms with van der Waals surface area (Å²) < 4.78 is 4.92. The molecule has 1 saturated heterocycles. The van der Waals surface area contributed by atoms with E-state index in [-0.39, 0.29) is 6.04 Å². The number of imide groups is 1. The van der Waals surface area contributed by atoms with Gasteiger partial charge in [0, 0.05) is 5.02 Å². The summed E-state index contributed by atoms with van der Waals surface area (Å²) in [5.41, 5.74) is -0.135. The average molecular weight is 408 g/mol. The molecule has 0 radical (unpaired) electrons. The van der Waals surface area contributed by atoms with Crippen LogP contribution < -0.4 is 10.6 Å². The number of carbonyl (C=O) groups is 4. The van der Waals surface area contributed by atoms with Crippen LogP contribution in [0.5, 0.6) is 0 Å². The highest BCUT2D eigenvalue weighted by molar-refractivity contribution is 6.31. The SMILES string of the molecule is C[C@@H](NC(=O)COC(=O)CN1C(=O)NC2(CCCC2)C1=O)c1ccccc1Cl. The molecule has 1 atom stereocenters. The van der Waals surface area contributed by atoms with Gasteiger partial charge in [-0.05, 0) is 31.4 Å². The van der Waals surface area contributed by atoms with Crippen molar-refractivity contribution >= 4 is 35.4 Å². The number of esters is 1. The summed E-state index contributed by atoms with van der Waals surface area (Å²) in [5, 5.41) is 5.89. The molecular formula is C19H22ClN3O5. The second-order valence-corrected chi connectivity index (χ2v) is 7.49. The molecule has 1 aliphatic carbocycles. The number of ether oxygens (including phenoxy) is 1. The van der Waals surface area contributed by atoms with Gasteiger partial charge in [0.15, 0.2) is 6.61 Å². The molecule has 1 aromatic rings. The summed E-state index contributed by atoms with van der Waals surface area (Å²) in [6.07, 6.45) is 2.86. The monoisotopic (exact) mass is 407 g/mol. The van der Waals surface area contributed by atoms with E-state index in [1.165, 1.54) is 0 Å². The van der Waals surface area contributed by atoms with E-state index in [1.54, 1.807) is 31.2 Å². The van der Waals surface area contributed by atoms with E-state index in [1.807, 2.05) is 0 Å². The average Bonchev–Trinajstić information content (AvgIpc) is 3.21. The molecule has 4 amide bonds. The molecule has 150 valence electrons. The van der Waals surface area contributed by atoms with Crippen LogP contribution in [0.1, 0.15) is 44.2 Å². The maximum absolute atomic E-state index is 12.5. The van der Waals surface area contributed by atoms with E-state index in [9.17, 15) is 19.2 Å². The highest BCUT2D eigenvalue weighted by Crippen LogP contribution is 2.34. The Hall–Kier alpha value is -2.61. The number of amides is 4. The Bertz CT molecular complexity index is 807. The lowest BCUT2D eigenvalue weighted by atomic mass is 9.98. The van der Waals surface area contributed by atoms with Gasteiger partial charge in [-0.1, -0.05) is 42.6 Å². The Kier molecular flexibility index (Phi) is 5.88. The summed E-state index contributed by atoms with van der Waals surface area (Å²) in [5.74, 6) is -1.73. The Morgan fingerprint density at radius 3 is 2.64 bits per heavy atom. The molecule has 0 aromatic heterocycles. The fourth-order valence-electron chi connectivity index (χ4n) is 3.65. The maximum atomic E-state index is 12.5. The molecule has 3 rings (SSSR count). The first-order chi connectivity index (χ1) is 13.3. The molecule has 2 N–H and O–H groups in total. The molecule has 9 heteroatoms. The molecule has 0 unspecified atom stereocenters. The van der Waals surface area contributed by atoms with Gasteiger partial charge in [0.25, 0.3) is 11.8 Å². The van der Waals surface area contributed by atoms with Gasteiger partial charge < -0.3 is 15.4 Å². The molecule has 28 heavy (non-hydrogen) atoms. The van der Waals surface area contributed by atoms with E-state index < -0.39 is 42.5 Å². The van der Waals surface area contributed by atoms with Gasteiger partial charge in [-0.25, -0.2) is 4.79 Å². The number of rotatable bonds is 6. The molecule has 8 nitrogen and oxygen atoms in total. The number of benzene rings is 1. The minimum absolute atomic E-state index is 0.368. The van der Waals surface area contributed by atoms with Crippen LogP contribution in [0, 0.1) is 0 Å². The van der Waals surface area contributed by atoms with Crippen molar-refractivity contribution in [1.29, 1.82) is 0 Å². The lowest BCUT2D eigenvalue weighted by Crippen LogP contribution is -2.44. The Labute approximate surface area is 167 Å². The van der Waals surface area contributed by atoms with Gasteiger partial charge in [-0.15, -0.1) is 0 Å². The smallest absolute Gasteiger partial charge is 0.326 e. The van der Waals surface area contributed by atoms with Crippen LogP contribution in [0.3, 0.4) is 0 Å². The summed E-state index contributed by atoms with van der Waals surface area (Å²) >= 11 is 6.09. The van der Waals surface area contributed by atoms with Crippen molar-refractivity contribution in [3.63, 3.8) is 0 Å². The quantitative estimate of drug-likeness (QED) is 0.553. The van der Waals surface area contributed by atoms with Crippen molar-refractivity contribution in [2.24, 2.45) is 0 Å². The normalized spacial score (nSPS) is 18.9. The first-order valence-corrected chi connectivity index (χ1v) is 9.54. The number of nitrogens with one attached hydrogen (secondary N) is 2. The van der Waals surface area contributed by atoms with Gasteiger partial charge in [-0.2, -0.15) is 0 Å². The molecule has 1 aromatic carbocycles. The van der Waals surface area contributed by atoms with E-state index in [0.717, 1.165) is 23.3 Å². The lowest BCUT2D eigenvalue weighted by molar-refractivity contribution is -0.151. The summed E-state index contributed by atoms with van der Waals surface area (Å²) in [7, 11) is 0. The van der Waals surface area contributed by atoms with E-state index in [4.69, 9.17) is 16.3 Å². The van der Waals surface area contributed by atoms with Crippen LogP contribution >= 0.6 is 11.6 Å². The van der Waals surface area contributed by atoms with E-state index >= 15 is 0 Å². The molecular weight excluding hydrogens is 386 g/mol. The highest BCUT2D eigenvalue weighted by Gasteiger charge is 2.52. The van der Waals surface area contributed by atoms with E-state index in [0.29, 0.717) is 17.9 Å². The number of hydrogen-bond acceptors (Lipinski definition) is 5. The van der Waals surface area contributed by atoms with Crippen LogP contribution in [-0.2, 0) is 19.1 Å². The number of nitrogens with zero attached hydrogens (tertiary/aromatic N) is 1. The number of urea groups is 1. The third-order valence-corrected chi connectivity index (χ3v) is 5.45. The summed E-state index contributed by atoms with van der Waals surface area (Å²) in [4.78, 5) is 49.4. The molecule has 1 heterocycles. The second kappa shape index (κ2) is 8.18. The van der Waals surface area contributed by atoms with Crippen molar-refractivity contribution in [2.75, 3.05) is 13.2 Å². The Morgan fingerprint density at radius 1 is 1.29 bits per heavy atom. The van der Waals surface area contributed by atoms with Crippen molar-refractivity contribution in [1.82, 2.24) is 15.5 Å². The second-order valence-electron chi connectivity index (χ2n) is 7.08. The summed E-state index contributed by atoms with van der Waals surface area (Å²) in [6, 6.07) is 6.13. The first-order valence-electron chi connectivity index (χ1n) is 9.16. The zero-order chi connectivity index (χ0) is 20.3. The molecule has 2 aliphatic rings. The Balaban J connectivity index is 1.48. The van der Waals surface area contributed by atoms with Crippen molar-refractivity contribution < 1.29 is 23.9 Å². The van der Waals surface area contributed by atoms with E-state index in [2.05, 4.69) is 10.6 Å². The zero-order valence-corrected chi connectivity index (χ0v) is 16.3. The van der Waals surface area contributed by atoms with Gasteiger partial charge in [-0.3, -0.25) is 19.3 Å². The lowest BCUT2D eigenvalue weighted by Gasteiger charge is -2.19. The molecule has 2 fully saturated rings. The number of halogens is 1. The predicted molar refractivity (Wildman–Crippen MR) is 100 cm³/mol. The van der Waals surface area contributed by atoms with Crippen LogP contribution in [0.4, 0.5) is 4.79 Å². The molecule has 0 bridgehead atoms. The predicted octanol–water partition coefficient (Wildman–Crippen LogP) is 1.93.